The minimum absolute atomic E-state index is 0. The summed E-state index contributed by atoms with van der Waals surface area (Å²) in [6.45, 7) is 4.77. The molecule has 6 aromatic carbocycles. The van der Waals surface area contributed by atoms with Gasteiger partial charge in [-0.1, -0.05) is 0 Å². The number of hydrogen-bond donors (Lipinski definition) is 0. The minimum atomic E-state index is -2.60. The first-order valence-corrected chi connectivity index (χ1v) is 22.4. The molecule has 1 heterocycles. The molecule has 0 amide bonds. The number of allylic oxidation sites excluding steroid dienone is 2. The van der Waals surface area contributed by atoms with Gasteiger partial charge in [-0.15, -0.1) is 0 Å². The van der Waals surface area contributed by atoms with Crippen molar-refractivity contribution in [1.82, 2.24) is 0 Å². The maximum Gasteiger partial charge on any atom is -1.00 e. The third kappa shape index (κ3) is 5.47. The molecule has 9 rings (SSSR count). The topological polar surface area (TPSA) is 0 Å². The molecule has 0 saturated carbocycles. The number of halogens is 2. The number of hydrogen-bond acceptors (Lipinski definition) is 0. The fourth-order valence-electron chi connectivity index (χ4n) is 10.0. The van der Waals surface area contributed by atoms with Gasteiger partial charge in [0, 0.05) is 0 Å². The maximum absolute atomic E-state index is 2.68. The molecular formula is C47H44Cl2Ti. The number of rotatable bonds is 8. The van der Waals surface area contributed by atoms with Crippen molar-refractivity contribution in [3.8, 4) is 22.3 Å². The molecule has 0 aromatic heterocycles. The summed E-state index contributed by atoms with van der Waals surface area (Å²) < 4.78 is 4.24. The van der Waals surface area contributed by atoms with Crippen molar-refractivity contribution in [2.75, 3.05) is 0 Å². The Morgan fingerprint density at radius 2 is 0.880 bits per heavy atom. The van der Waals surface area contributed by atoms with Crippen molar-refractivity contribution in [3.05, 3.63) is 155 Å². The molecule has 2 unspecified atom stereocenters. The van der Waals surface area contributed by atoms with Gasteiger partial charge in [0.05, 0.1) is 0 Å². The van der Waals surface area contributed by atoms with E-state index in [1.54, 1.807) is 22.3 Å². The van der Waals surface area contributed by atoms with Crippen LogP contribution in [0.1, 0.15) is 76.7 Å². The predicted octanol–water partition coefficient (Wildman–Crippen LogP) is 7.91. The van der Waals surface area contributed by atoms with E-state index in [1.165, 1.54) is 96.5 Å². The molecule has 1 fully saturated rings. The monoisotopic (exact) mass is 726 g/mol. The van der Waals surface area contributed by atoms with Crippen LogP contribution in [0.15, 0.2) is 132 Å². The van der Waals surface area contributed by atoms with E-state index in [2.05, 4.69) is 147 Å². The smallest absolute Gasteiger partial charge is 1.00 e. The van der Waals surface area contributed by atoms with E-state index < -0.39 is 16.6 Å². The van der Waals surface area contributed by atoms with Crippen molar-refractivity contribution in [2.45, 2.75) is 63.8 Å². The second kappa shape index (κ2) is 14.3. The van der Waals surface area contributed by atoms with Crippen molar-refractivity contribution in [1.29, 1.82) is 0 Å². The first kappa shape index (κ1) is 35.0. The largest absolute Gasteiger partial charge is 1.00 e. The van der Waals surface area contributed by atoms with Crippen LogP contribution in [0.2, 0.25) is 9.45 Å². The first-order chi connectivity index (χ1) is 23.7. The fraction of sp³-hybridized carbons (Fsp3) is 0.234. The fourth-order valence-corrected chi connectivity index (χ4v) is 19.9. The summed E-state index contributed by atoms with van der Waals surface area (Å²) in [5.74, 6) is 0. The molecule has 250 valence electrons. The van der Waals surface area contributed by atoms with Crippen LogP contribution in [0.25, 0.3) is 56.0 Å². The van der Waals surface area contributed by atoms with Crippen LogP contribution in [0.4, 0.5) is 0 Å². The Labute approximate surface area is 313 Å². The van der Waals surface area contributed by atoms with Crippen LogP contribution in [-0.4, -0.2) is 0 Å². The maximum atomic E-state index is 2.68. The SMILES string of the molecule is CCCC1=Cc2c(-c3cccc4ccccc34)cccc2[CH]1[Ti+2]1([CH]2C(CCC)=Cc3c(-c4cccc5ccccc45)cccc32)[CH2]C[CH2]1.[Cl-].[Cl-]. The molecule has 1 saturated heterocycles. The van der Waals surface area contributed by atoms with Gasteiger partial charge < -0.3 is 24.8 Å². The van der Waals surface area contributed by atoms with Crippen LogP contribution < -0.4 is 24.8 Å². The van der Waals surface area contributed by atoms with Crippen molar-refractivity contribution < 1.29 is 41.4 Å². The molecule has 0 bridgehead atoms. The van der Waals surface area contributed by atoms with Crippen molar-refractivity contribution in [2.24, 2.45) is 0 Å². The zero-order valence-electron chi connectivity index (χ0n) is 29.1. The standard InChI is InChI=1S/2C22H19.C3H6.2ClH.Ti/c2*1-2-7-16-14-18-10-6-13-21(22(18)15-16)20-12-5-9-17-8-3-4-11-19(17)20;1-3-2;;;/h2*3-6,8-15H,2,7H2,1H3;1-3H2;2*1H;/q;;;;;+2/p-2. The van der Waals surface area contributed by atoms with Crippen LogP contribution >= 0.6 is 0 Å². The zero-order chi connectivity index (χ0) is 32.2. The van der Waals surface area contributed by atoms with Gasteiger partial charge in [0.1, 0.15) is 0 Å². The molecule has 1 aliphatic heterocycles. The summed E-state index contributed by atoms with van der Waals surface area (Å²) in [5.41, 5.74) is 15.4. The average molecular weight is 728 g/mol. The average Bonchev–Trinajstić information content (AvgIpc) is 3.66. The van der Waals surface area contributed by atoms with Gasteiger partial charge in [0.15, 0.2) is 0 Å². The van der Waals surface area contributed by atoms with E-state index in [9.17, 15) is 0 Å². The van der Waals surface area contributed by atoms with E-state index in [0.29, 0.717) is 8.45 Å². The summed E-state index contributed by atoms with van der Waals surface area (Å²) in [7, 11) is 0. The van der Waals surface area contributed by atoms with Gasteiger partial charge in [-0.2, -0.15) is 0 Å². The molecule has 0 nitrogen and oxygen atoms in total. The van der Waals surface area contributed by atoms with Gasteiger partial charge in [0.25, 0.3) is 0 Å². The first-order valence-electron chi connectivity index (χ1n) is 18.3. The van der Waals surface area contributed by atoms with E-state index in [4.69, 9.17) is 0 Å². The molecular weight excluding hydrogens is 683 g/mol. The van der Waals surface area contributed by atoms with Crippen LogP contribution in [0, 0.1) is 0 Å². The molecule has 2 atom stereocenters. The summed E-state index contributed by atoms with van der Waals surface area (Å²) in [4.78, 5) is 0. The minimum Gasteiger partial charge on any atom is -1.00 e. The van der Waals surface area contributed by atoms with Gasteiger partial charge >= 0.3 is 291 Å². The van der Waals surface area contributed by atoms with E-state index in [0.717, 1.165) is 0 Å². The number of benzene rings is 6. The predicted molar refractivity (Wildman–Crippen MR) is 204 cm³/mol. The number of fused-ring (bicyclic) bond motifs is 4. The normalized spacial score (nSPS) is 17.7. The molecule has 0 N–H and O–H groups in total. The third-order valence-corrected chi connectivity index (χ3v) is 21.7. The third-order valence-electron chi connectivity index (χ3n) is 12.0. The summed E-state index contributed by atoms with van der Waals surface area (Å²) in [6.07, 6.45) is 11.6. The van der Waals surface area contributed by atoms with Gasteiger partial charge in [-0.05, 0) is 0 Å². The molecule has 6 aromatic rings. The summed E-state index contributed by atoms with van der Waals surface area (Å²) >= 11 is -2.60. The van der Waals surface area contributed by atoms with Gasteiger partial charge in [-0.3, -0.25) is 0 Å². The Morgan fingerprint density at radius 1 is 0.480 bits per heavy atom. The van der Waals surface area contributed by atoms with Crippen LogP contribution in [0.5, 0.6) is 0 Å². The Morgan fingerprint density at radius 3 is 1.30 bits per heavy atom. The second-order valence-corrected chi connectivity index (χ2v) is 21.8. The van der Waals surface area contributed by atoms with E-state index >= 15 is 0 Å². The Kier molecular flexibility index (Phi) is 10.0. The van der Waals surface area contributed by atoms with Crippen molar-refractivity contribution >= 4 is 33.7 Å². The molecule has 0 spiro atoms. The van der Waals surface area contributed by atoms with Gasteiger partial charge in [-0.25, -0.2) is 0 Å². The zero-order valence-corrected chi connectivity index (χ0v) is 32.1. The molecule has 3 aliphatic rings. The molecule has 0 radical (unpaired) electrons. The van der Waals surface area contributed by atoms with Gasteiger partial charge in [0.2, 0.25) is 0 Å². The summed E-state index contributed by atoms with van der Waals surface area (Å²) in [5, 5.41) is 5.38. The van der Waals surface area contributed by atoms with E-state index in [-0.39, 0.29) is 24.8 Å². The Bertz CT molecular complexity index is 2110. The Balaban J connectivity index is 0.00000196. The van der Waals surface area contributed by atoms with E-state index in [1.807, 2.05) is 0 Å². The second-order valence-electron chi connectivity index (χ2n) is 14.6. The van der Waals surface area contributed by atoms with Crippen molar-refractivity contribution in [3.63, 3.8) is 0 Å². The molecule has 3 heteroatoms. The Hall–Kier alpha value is -3.39. The summed E-state index contributed by atoms with van der Waals surface area (Å²) in [6, 6.07) is 46.2. The molecule has 50 heavy (non-hydrogen) atoms. The molecule has 2 aliphatic carbocycles. The van der Waals surface area contributed by atoms with Crippen LogP contribution in [-0.2, 0) is 16.6 Å². The quantitative estimate of drug-likeness (QED) is 0.140. The van der Waals surface area contributed by atoms with Crippen LogP contribution in [0.3, 0.4) is 0 Å².